The summed E-state index contributed by atoms with van der Waals surface area (Å²) in [6, 6.07) is 4.46. The van der Waals surface area contributed by atoms with E-state index >= 15 is 0 Å². The van der Waals surface area contributed by atoms with Crippen LogP contribution in [0.25, 0.3) is 0 Å². The number of likely N-dealkylation sites (tertiary alicyclic amines) is 1. The normalized spacial score (nSPS) is 14.9. The molecule has 132 valence electrons. The predicted molar refractivity (Wildman–Crippen MR) is 90.2 cm³/mol. The van der Waals surface area contributed by atoms with Crippen molar-refractivity contribution < 1.29 is 18.0 Å². The third kappa shape index (κ3) is 4.33. The van der Waals surface area contributed by atoms with Crippen LogP contribution >= 0.6 is 0 Å². The standard InChI is InChI=1S/C16H23N3O4S/c1-12-6-7-13(24(22,23)17-2)11-14(12)16(21)18-8-4-10-19-9-3-5-15(19)20/h6-7,11,17H,3-5,8-10H2,1-2H3,(H,18,21). The summed E-state index contributed by atoms with van der Waals surface area (Å²) in [6.07, 6.45) is 2.18. The monoisotopic (exact) mass is 353 g/mol. The number of nitrogens with one attached hydrogen (secondary N) is 2. The first-order valence-corrected chi connectivity index (χ1v) is 9.43. The van der Waals surface area contributed by atoms with E-state index in [1.807, 2.05) is 0 Å². The van der Waals surface area contributed by atoms with E-state index in [4.69, 9.17) is 0 Å². The molecule has 0 bridgehead atoms. The molecule has 1 heterocycles. The molecule has 2 N–H and O–H groups in total. The zero-order valence-corrected chi connectivity index (χ0v) is 14.8. The van der Waals surface area contributed by atoms with Gasteiger partial charge in [0.1, 0.15) is 0 Å². The molecule has 0 spiro atoms. The molecule has 24 heavy (non-hydrogen) atoms. The Morgan fingerprint density at radius 1 is 1.33 bits per heavy atom. The van der Waals surface area contributed by atoms with Gasteiger partial charge in [-0.3, -0.25) is 9.59 Å². The number of hydrogen-bond acceptors (Lipinski definition) is 4. The number of sulfonamides is 1. The van der Waals surface area contributed by atoms with Gasteiger partial charge >= 0.3 is 0 Å². The van der Waals surface area contributed by atoms with Gasteiger partial charge in [0.2, 0.25) is 15.9 Å². The molecule has 1 aliphatic rings. The molecule has 2 rings (SSSR count). The highest BCUT2D eigenvalue weighted by molar-refractivity contribution is 7.89. The van der Waals surface area contributed by atoms with Gasteiger partial charge in [-0.15, -0.1) is 0 Å². The number of aryl methyl sites for hydroxylation is 1. The van der Waals surface area contributed by atoms with Crippen molar-refractivity contribution in [3.05, 3.63) is 29.3 Å². The van der Waals surface area contributed by atoms with Crippen LogP contribution in [0.15, 0.2) is 23.1 Å². The fraction of sp³-hybridized carbons (Fsp3) is 0.500. The van der Waals surface area contributed by atoms with Crippen LogP contribution in [0.3, 0.4) is 0 Å². The largest absolute Gasteiger partial charge is 0.352 e. The molecule has 0 atom stereocenters. The molecule has 1 aromatic rings. The summed E-state index contributed by atoms with van der Waals surface area (Å²) in [4.78, 5) is 25.7. The average molecular weight is 353 g/mol. The van der Waals surface area contributed by atoms with Crippen LogP contribution in [-0.4, -0.2) is 51.8 Å². The lowest BCUT2D eigenvalue weighted by Crippen LogP contribution is -2.31. The van der Waals surface area contributed by atoms with Gasteiger partial charge in [0.25, 0.3) is 5.91 Å². The number of hydrogen-bond donors (Lipinski definition) is 2. The lowest BCUT2D eigenvalue weighted by molar-refractivity contribution is -0.127. The fourth-order valence-corrected chi connectivity index (χ4v) is 3.39. The highest BCUT2D eigenvalue weighted by Crippen LogP contribution is 2.15. The maximum Gasteiger partial charge on any atom is 0.251 e. The first-order chi connectivity index (χ1) is 11.3. The molecule has 2 amide bonds. The minimum Gasteiger partial charge on any atom is -0.352 e. The second kappa shape index (κ2) is 7.76. The van der Waals surface area contributed by atoms with Crippen LogP contribution in [-0.2, 0) is 14.8 Å². The number of rotatable bonds is 7. The molecule has 1 fully saturated rings. The molecule has 0 aromatic heterocycles. The Labute approximate surface area is 142 Å². The van der Waals surface area contributed by atoms with Gasteiger partial charge in [-0.25, -0.2) is 13.1 Å². The molecule has 8 heteroatoms. The zero-order valence-electron chi connectivity index (χ0n) is 14.0. The summed E-state index contributed by atoms with van der Waals surface area (Å²) in [5.74, 6) is -0.143. The minimum atomic E-state index is -3.59. The third-order valence-corrected chi connectivity index (χ3v) is 5.51. The van der Waals surface area contributed by atoms with E-state index in [1.165, 1.54) is 19.2 Å². The van der Waals surface area contributed by atoms with Crippen LogP contribution in [0.2, 0.25) is 0 Å². The van der Waals surface area contributed by atoms with Gasteiger partial charge in [-0.05, 0) is 44.5 Å². The molecule has 0 unspecified atom stereocenters. The van der Waals surface area contributed by atoms with E-state index in [9.17, 15) is 18.0 Å². The Morgan fingerprint density at radius 2 is 2.08 bits per heavy atom. The number of carbonyl (C=O) groups is 2. The van der Waals surface area contributed by atoms with Crippen molar-refractivity contribution in [3.63, 3.8) is 0 Å². The van der Waals surface area contributed by atoms with Crippen molar-refractivity contribution in [2.45, 2.75) is 31.1 Å². The molecule has 1 saturated heterocycles. The number of carbonyl (C=O) groups excluding carboxylic acids is 2. The van der Waals surface area contributed by atoms with Crippen LogP contribution < -0.4 is 10.0 Å². The maximum atomic E-state index is 12.3. The zero-order chi connectivity index (χ0) is 17.7. The molecule has 7 nitrogen and oxygen atoms in total. The average Bonchev–Trinajstić information content (AvgIpc) is 2.96. The highest BCUT2D eigenvalue weighted by atomic mass is 32.2. The summed E-state index contributed by atoms with van der Waals surface area (Å²) < 4.78 is 25.9. The smallest absolute Gasteiger partial charge is 0.251 e. The topological polar surface area (TPSA) is 95.6 Å². The van der Waals surface area contributed by atoms with Gasteiger partial charge in [0.15, 0.2) is 0 Å². The van der Waals surface area contributed by atoms with E-state index in [0.29, 0.717) is 37.1 Å². The highest BCUT2D eigenvalue weighted by Gasteiger charge is 2.19. The first-order valence-electron chi connectivity index (χ1n) is 7.95. The van der Waals surface area contributed by atoms with Crippen LogP contribution in [0.1, 0.15) is 35.2 Å². The first kappa shape index (κ1) is 18.4. The Bertz CT molecular complexity index is 731. The Hall–Kier alpha value is -1.93. The summed E-state index contributed by atoms with van der Waals surface area (Å²) in [5, 5.41) is 2.78. The fourth-order valence-electron chi connectivity index (χ4n) is 2.64. The summed E-state index contributed by atoms with van der Waals surface area (Å²) >= 11 is 0. The molecular weight excluding hydrogens is 330 g/mol. The number of nitrogens with zero attached hydrogens (tertiary/aromatic N) is 1. The van der Waals surface area contributed by atoms with Gasteiger partial charge in [0, 0.05) is 31.6 Å². The van der Waals surface area contributed by atoms with E-state index in [1.54, 1.807) is 17.9 Å². The SMILES string of the molecule is CNS(=O)(=O)c1ccc(C)c(C(=O)NCCCN2CCCC2=O)c1. The van der Waals surface area contributed by atoms with Crippen molar-refractivity contribution in [2.75, 3.05) is 26.7 Å². The molecular formula is C16H23N3O4S. The van der Waals surface area contributed by atoms with Gasteiger partial charge in [-0.2, -0.15) is 0 Å². The van der Waals surface area contributed by atoms with Crippen molar-refractivity contribution in [1.29, 1.82) is 0 Å². The molecule has 0 radical (unpaired) electrons. The van der Waals surface area contributed by atoms with Crippen molar-refractivity contribution in [3.8, 4) is 0 Å². The lowest BCUT2D eigenvalue weighted by Gasteiger charge is -2.15. The van der Waals surface area contributed by atoms with E-state index in [-0.39, 0.29) is 16.7 Å². The third-order valence-electron chi connectivity index (χ3n) is 4.09. The Morgan fingerprint density at radius 3 is 2.71 bits per heavy atom. The van der Waals surface area contributed by atoms with Gasteiger partial charge in [0.05, 0.1) is 4.90 Å². The van der Waals surface area contributed by atoms with Crippen molar-refractivity contribution >= 4 is 21.8 Å². The van der Waals surface area contributed by atoms with Gasteiger partial charge in [-0.1, -0.05) is 6.07 Å². The number of amides is 2. The van der Waals surface area contributed by atoms with Gasteiger partial charge < -0.3 is 10.2 Å². The van der Waals surface area contributed by atoms with E-state index in [0.717, 1.165) is 13.0 Å². The lowest BCUT2D eigenvalue weighted by atomic mass is 10.1. The molecule has 0 aliphatic carbocycles. The van der Waals surface area contributed by atoms with E-state index in [2.05, 4.69) is 10.0 Å². The van der Waals surface area contributed by atoms with Crippen LogP contribution in [0.4, 0.5) is 0 Å². The Kier molecular flexibility index (Phi) is 5.95. The summed E-state index contributed by atoms with van der Waals surface area (Å²) in [6.45, 7) is 3.61. The molecule has 1 aromatic carbocycles. The maximum absolute atomic E-state index is 12.3. The predicted octanol–water partition coefficient (Wildman–Crippen LogP) is 0.645. The van der Waals surface area contributed by atoms with Crippen molar-refractivity contribution in [1.82, 2.24) is 14.9 Å². The molecule has 0 saturated carbocycles. The number of benzene rings is 1. The van der Waals surface area contributed by atoms with Crippen LogP contribution in [0, 0.1) is 6.92 Å². The van der Waals surface area contributed by atoms with Crippen LogP contribution in [0.5, 0.6) is 0 Å². The summed E-state index contributed by atoms with van der Waals surface area (Å²) in [5.41, 5.74) is 1.04. The summed E-state index contributed by atoms with van der Waals surface area (Å²) in [7, 11) is -2.26. The second-order valence-electron chi connectivity index (χ2n) is 5.78. The second-order valence-corrected chi connectivity index (χ2v) is 7.66. The Balaban J connectivity index is 1.94. The van der Waals surface area contributed by atoms with Crippen molar-refractivity contribution in [2.24, 2.45) is 0 Å². The molecule has 1 aliphatic heterocycles. The van der Waals surface area contributed by atoms with E-state index < -0.39 is 10.0 Å². The quantitative estimate of drug-likeness (QED) is 0.704. The minimum absolute atomic E-state index is 0.0587.